The van der Waals surface area contributed by atoms with Crippen molar-refractivity contribution in [1.82, 2.24) is 14.6 Å². The number of fused-ring (bicyclic) bond motifs is 1. The van der Waals surface area contributed by atoms with Gasteiger partial charge in [-0.15, -0.1) is 0 Å². The first kappa shape index (κ1) is 10.5. The average molecular weight is 253 g/mol. The Morgan fingerprint density at radius 2 is 2.29 bits per heavy atom. The summed E-state index contributed by atoms with van der Waals surface area (Å²) in [6, 6.07) is 2.85. The molecule has 2 aromatic rings. The zero-order valence-corrected chi connectivity index (χ0v) is 9.77. The molecule has 1 saturated heterocycles. The highest BCUT2D eigenvalue weighted by molar-refractivity contribution is 7.91. The molecular weight excluding hydrogens is 242 g/mol. The van der Waals surface area contributed by atoms with Gasteiger partial charge in [0.15, 0.2) is 20.9 Å². The number of aromatic nitrogens is 3. The normalized spacial score (nSPS) is 23.2. The second-order valence-corrected chi connectivity index (χ2v) is 6.53. The third-order valence-corrected chi connectivity index (χ3v) is 4.76. The van der Waals surface area contributed by atoms with Crippen molar-refractivity contribution < 1.29 is 8.42 Å². The van der Waals surface area contributed by atoms with Crippen molar-refractivity contribution >= 4 is 15.5 Å². The number of nitrogens with zero attached hydrogens (tertiary/aromatic N) is 2. The summed E-state index contributed by atoms with van der Waals surface area (Å²) in [6.45, 7) is 0. The molecule has 3 heterocycles. The van der Waals surface area contributed by atoms with Crippen molar-refractivity contribution in [2.75, 3.05) is 11.5 Å². The molecule has 1 fully saturated rings. The molecule has 0 amide bonds. The van der Waals surface area contributed by atoms with Crippen LogP contribution in [0.1, 0.15) is 18.2 Å². The Balaban J connectivity index is 2.05. The van der Waals surface area contributed by atoms with Gasteiger partial charge in [0.25, 0.3) is 0 Å². The smallest absolute Gasteiger partial charge is 0.183 e. The van der Waals surface area contributed by atoms with Gasteiger partial charge >= 0.3 is 0 Å². The molecule has 1 unspecified atom stereocenters. The van der Waals surface area contributed by atoms with Crippen LogP contribution in [0.4, 0.5) is 0 Å². The van der Waals surface area contributed by atoms with E-state index in [4.69, 9.17) is 0 Å². The zero-order valence-electron chi connectivity index (χ0n) is 8.96. The molecule has 6 nitrogen and oxygen atoms in total. The molecule has 1 N–H and O–H groups in total. The number of aromatic amines is 1. The Morgan fingerprint density at radius 1 is 1.47 bits per heavy atom. The Kier molecular flexibility index (Phi) is 2.12. The number of H-pyrrole nitrogens is 1. The minimum absolute atomic E-state index is 0.0880. The number of hydrogen-bond donors (Lipinski definition) is 1. The van der Waals surface area contributed by atoms with Crippen LogP contribution >= 0.6 is 0 Å². The first-order valence-corrected chi connectivity index (χ1v) is 7.14. The predicted molar refractivity (Wildman–Crippen MR) is 61.8 cm³/mol. The van der Waals surface area contributed by atoms with Gasteiger partial charge in [-0.2, -0.15) is 0 Å². The molecular formula is C10H11N3O3S. The number of pyridine rings is 1. The summed E-state index contributed by atoms with van der Waals surface area (Å²) in [6.07, 6.45) is 2.19. The molecule has 17 heavy (non-hydrogen) atoms. The highest BCUT2D eigenvalue weighted by Gasteiger charge is 2.31. The maximum atomic E-state index is 11.4. The molecule has 0 aromatic carbocycles. The molecule has 0 radical (unpaired) electrons. The van der Waals surface area contributed by atoms with Crippen LogP contribution in [0.5, 0.6) is 0 Å². The van der Waals surface area contributed by atoms with Crippen molar-refractivity contribution in [2.24, 2.45) is 0 Å². The summed E-state index contributed by atoms with van der Waals surface area (Å²) in [5, 5.41) is 3.00. The quantitative estimate of drug-likeness (QED) is 0.770. The van der Waals surface area contributed by atoms with Gasteiger partial charge in [0, 0.05) is 24.2 Å². The number of sulfone groups is 1. The van der Waals surface area contributed by atoms with Crippen LogP contribution in [0, 0.1) is 0 Å². The van der Waals surface area contributed by atoms with Gasteiger partial charge < -0.3 is 0 Å². The van der Waals surface area contributed by atoms with E-state index in [9.17, 15) is 13.2 Å². The van der Waals surface area contributed by atoms with Gasteiger partial charge in [-0.3, -0.25) is 9.89 Å². The minimum Gasteiger partial charge on any atom is -0.290 e. The topological polar surface area (TPSA) is 84.3 Å². The molecule has 1 atom stereocenters. The molecule has 1 aliphatic heterocycles. The third-order valence-electron chi connectivity index (χ3n) is 3.00. The lowest BCUT2D eigenvalue weighted by Gasteiger charge is -2.00. The van der Waals surface area contributed by atoms with Crippen LogP contribution in [0.15, 0.2) is 23.1 Å². The van der Waals surface area contributed by atoms with Gasteiger partial charge in [0.2, 0.25) is 0 Å². The molecule has 0 aliphatic carbocycles. The zero-order chi connectivity index (χ0) is 12.0. The molecule has 90 valence electrons. The molecule has 0 spiro atoms. The summed E-state index contributed by atoms with van der Waals surface area (Å²) in [7, 11) is -2.92. The lowest BCUT2D eigenvalue weighted by Crippen LogP contribution is -2.05. The van der Waals surface area contributed by atoms with Gasteiger partial charge in [-0.1, -0.05) is 0 Å². The molecule has 0 saturated carbocycles. The Morgan fingerprint density at radius 3 is 3.00 bits per heavy atom. The Bertz CT molecular complexity index is 729. The number of hydrogen-bond acceptors (Lipinski definition) is 4. The van der Waals surface area contributed by atoms with Gasteiger partial charge in [-0.25, -0.2) is 17.9 Å². The summed E-state index contributed by atoms with van der Waals surface area (Å²) in [4.78, 5) is 15.4. The van der Waals surface area contributed by atoms with E-state index in [0.717, 1.165) is 0 Å². The van der Waals surface area contributed by atoms with Crippen LogP contribution in [0.2, 0.25) is 0 Å². The third kappa shape index (κ3) is 1.86. The molecule has 1 aliphatic rings. The first-order valence-electron chi connectivity index (χ1n) is 5.32. The fraction of sp³-hybridized carbons (Fsp3) is 0.400. The van der Waals surface area contributed by atoms with E-state index < -0.39 is 9.84 Å². The van der Waals surface area contributed by atoms with Crippen molar-refractivity contribution in [3.63, 3.8) is 0 Å². The van der Waals surface area contributed by atoms with Crippen LogP contribution in [0.3, 0.4) is 0 Å². The van der Waals surface area contributed by atoms with E-state index in [1.807, 2.05) is 0 Å². The van der Waals surface area contributed by atoms with Crippen LogP contribution in [0.25, 0.3) is 5.65 Å². The maximum absolute atomic E-state index is 11.4. The largest absolute Gasteiger partial charge is 0.290 e. The van der Waals surface area contributed by atoms with E-state index in [1.54, 1.807) is 10.7 Å². The maximum Gasteiger partial charge on any atom is 0.183 e. The summed E-state index contributed by atoms with van der Waals surface area (Å²) >= 11 is 0. The standard InChI is InChI=1S/C10H11N3O3S/c14-8-1-3-13-9(5-8)11-10(12-13)7-2-4-17(15,16)6-7/h1,3,5,7H,2,4,6H2,(H,11,12). The Hall–Kier alpha value is -1.63. The average Bonchev–Trinajstić information content (AvgIpc) is 2.80. The van der Waals surface area contributed by atoms with E-state index in [0.29, 0.717) is 17.9 Å². The second-order valence-electron chi connectivity index (χ2n) is 4.30. The lowest BCUT2D eigenvalue weighted by atomic mass is 10.1. The van der Waals surface area contributed by atoms with Crippen molar-refractivity contribution in [1.29, 1.82) is 0 Å². The number of nitrogens with one attached hydrogen (secondary N) is 1. The van der Waals surface area contributed by atoms with Gasteiger partial charge in [-0.05, 0) is 6.42 Å². The fourth-order valence-corrected chi connectivity index (χ4v) is 3.86. The summed E-state index contributed by atoms with van der Waals surface area (Å²) < 4.78 is 24.4. The first-order chi connectivity index (χ1) is 8.03. The molecule has 7 heteroatoms. The van der Waals surface area contributed by atoms with E-state index in [1.165, 1.54) is 12.1 Å². The highest BCUT2D eigenvalue weighted by Crippen LogP contribution is 2.26. The molecule has 0 bridgehead atoms. The van der Waals surface area contributed by atoms with E-state index in [2.05, 4.69) is 10.1 Å². The fourth-order valence-electron chi connectivity index (χ4n) is 2.12. The van der Waals surface area contributed by atoms with Crippen LogP contribution in [-0.2, 0) is 9.84 Å². The highest BCUT2D eigenvalue weighted by atomic mass is 32.2. The lowest BCUT2D eigenvalue weighted by molar-refractivity contribution is 0.601. The number of rotatable bonds is 1. The van der Waals surface area contributed by atoms with Gasteiger partial charge in [0.1, 0.15) is 5.82 Å². The SMILES string of the molecule is O=c1ccn2[nH]c(C3CCS(=O)(=O)C3)nc2c1. The van der Waals surface area contributed by atoms with E-state index >= 15 is 0 Å². The monoisotopic (exact) mass is 253 g/mol. The summed E-state index contributed by atoms with van der Waals surface area (Å²) in [5.41, 5.74) is 0.416. The Labute approximate surface area is 97.2 Å². The second kappa shape index (κ2) is 3.43. The summed E-state index contributed by atoms with van der Waals surface area (Å²) in [5.74, 6) is 0.899. The van der Waals surface area contributed by atoms with Gasteiger partial charge in [0.05, 0.1) is 11.5 Å². The van der Waals surface area contributed by atoms with Crippen LogP contribution < -0.4 is 5.43 Å². The van der Waals surface area contributed by atoms with Crippen LogP contribution in [-0.4, -0.2) is 34.5 Å². The molecule has 3 rings (SSSR count). The van der Waals surface area contributed by atoms with E-state index in [-0.39, 0.29) is 22.9 Å². The minimum atomic E-state index is -2.92. The van der Waals surface area contributed by atoms with Crippen molar-refractivity contribution in [2.45, 2.75) is 12.3 Å². The predicted octanol–water partition coefficient (Wildman–Crippen LogP) is -0.0753. The molecule has 2 aromatic heterocycles. The van der Waals surface area contributed by atoms with Crippen molar-refractivity contribution in [3.8, 4) is 0 Å². The van der Waals surface area contributed by atoms with Crippen molar-refractivity contribution in [3.05, 3.63) is 34.4 Å².